The minimum Gasteiger partial charge on any atom is -0.459 e. The van der Waals surface area contributed by atoms with Crippen molar-refractivity contribution in [3.05, 3.63) is 82.9 Å². The van der Waals surface area contributed by atoms with Crippen LogP contribution >= 0.6 is 0 Å². The van der Waals surface area contributed by atoms with Crippen LogP contribution in [0.15, 0.2) is 70.7 Å². The van der Waals surface area contributed by atoms with Gasteiger partial charge in [0, 0.05) is 12.4 Å². The molecule has 2 aliphatic rings. The quantitative estimate of drug-likeness (QED) is 0.184. The van der Waals surface area contributed by atoms with Crippen LogP contribution < -0.4 is 0 Å². The van der Waals surface area contributed by atoms with Gasteiger partial charge >= 0.3 is 11.9 Å². The average Bonchev–Trinajstić information content (AvgIpc) is 3.83. The summed E-state index contributed by atoms with van der Waals surface area (Å²) in [5.41, 5.74) is 2.84. The SMILES string of the molecule is CCC(/C=C\C/N=C\c1ccc(C(=O)OCC2CO2)cc1)/N=C/c1ccc(C(=O)OCC2CO2)cc1. The molecule has 3 atom stereocenters. The third kappa shape index (κ3) is 8.55. The average molecular weight is 491 g/mol. The molecule has 2 aromatic rings. The summed E-state index contributed by atoms with van der Waals surface area (Å²) in [6.45, 7) is 4.52. The molecule has 8 heteroatoms. The molecule has 36 heavy (non-hydrogen) atoms. The molecule has 0 radical (unpaired) electrons. The highest BCUT2D eigenvalue weighted by Crippen LogP contribution is 2.12. The topological polar surface area (TPSA) is 102 Å². The van der Waals surface area contributed by atoms with Crippen LogP contribution in [0.2, 0.25) is 0 Å². The lowest BCUT2D eigenvalue weighted by molar-refractivity contribution is 0.0468. The zero-order valence-electron chi connectivity index (χ0n) is 20.2. The largest absolute Gasteiger partial charge is 0.459 e. The van der Waals surface area contributed by atoms with Crippen molar-refractivity contribution in [3.63, 3.8) is 0 Å². The molecule has 0 spiro atoms. The minimum absolute atomic E-state index is 0.0368. The first-order valence-electron chi connectivity index (χ1n) is 12.1. The standard InChI is InChI=1S/C28H30N2O6/c1-2-24(30-15-21-7-11-23(12-8-21)28(32)36-19-26-17-34-26)4-3-13-29-14-20-5-9-22(10-6-20)27(31)35-18-25-16-33-25/h3-12,14-15,24-26H,2,13,16-19H2,1H3/b4-3-,29-14-,30-15+. The number of esters is 2. The molecular formula is C28H30N2O6. The van der Waals surface area contributed by atoms with Gasteiger partial charge in [-0.25, -0.2) is 9.59 Å². The Hall–Kier alpha value is -3.62. The summed E-state index contributed by atoms with van der Waals surface area (Å²) < 4.78 is 20.4. The summed E-state index contributed by atoms with van der Waals surface area (Å²) in [5.74, 6) is -0.692. The van der Waals surface area contributed by atoms with Crippen molar-refractivity contribution in [3.8, 4) is 0 Å². The molecule has 0 N–H and O–H groups in total. The Bertz CT molecular complexity index is 1100. The van der Waals surface area contributed by atoms with Gasteiger partial charge in [0.1, 0.15) is 25.4 Å². The smallest absolute Gasteiger partial charge is 0.338 e. The zero-order valence-corrected chi connectivity index (χ0v) is 20.2. The van der Waals surface area contributed by atoms with Crippen LogP contribution in [-0.4, -0.2) is 75.6 Å². The van der Waals surface area contributed by atoms with Crippen LogP contribution in [0.1, 0.15) is 45.2 Å². The molecule has 3 unspecified atom stereocenters. The van der Waals surface area contributed by atoms with Gasteiger partial charge in [0.15, 0.2) is 0 Å². The lowest BCUT2D eigenvalue weighted by Gasteiger charge is -2.04. The number of hydrogen-bond donors (Lipinski definition) is 0. The fourth-order valence-corrected chi connectivity index (χ4v) is 3.15. The Balaban J connectivity index is 1.19. The van der Waals surface area contributed by atoms with E-state index in [2.05, 4.69) is 16.9 Å². The number of carbonyl (C=O) groups excluding carboxylic acids is 2. The van der Waals surface area contributed by atoms with Crippen LogP contribution in [0.3, 0.4) is 0 Å². The van der Waals surface area contributed by atoms with Crippen molar-refractivity contribution < 1.29 is 28.5 Å². The Morgan fingerprint density at radius 2 is 1.39 bits per heavy atom. The fourth-order valence-electron chi connectivity index (χ4n) is 3.15. The number of rotatable bonds is 13. The second kappa shape index (κ2) is 12.9. The molecule has 0 amide bonds. The molecule has 2 fully saturated rings. The summed E-state index contributed by atoms with van der Waals surface area (Å²) in [5, 5.41) is 0. The summed E-state index contributed by atoms with van der Waals surface area (Å²) in [7, 11) is 0. The molecule has 0 bridgehead atoms. The van der Waals surface area contributed by atoms with Gasteiger partial charge < -0.3 is 18.9 Å². The molecular weight excluding hydrogens is 460 g/mol. The molecule has 0 aromatic heterocycles. The van der Waals surface area contributed by atoms with Crippen molar-refractivity contribution in [2.45, 2.75) is 31.6 Å². The van der Waals surface area contributed by atoms with E-state index in [1.165, 1.54) is 0 Å². The fraction of sp³-hybridized carbons (Fsp3) is 0.357. The van der Waals surface area contributed by atoms with Gasteiger partial charge in [-0.15, -0.1) is 0 Å². The zero-order chi connectivity index (χ0) is 25.2. The molecule has 2 aromatic carbocycles. The van der Waals surface area contributed by atoms with Crippen LogP contribution in [-0.2, 0) is 18.9 Å². The first kappa shape index (κ1) is 25.5. The van der Waals surface area contributed by atoms with Crippen molar-refractivity contribution >= 4 is 24.4 Å². The number of epoxide rings is 2. The van der Waals surface area contributed by atoms with Gasteiger partial charge in [-0.1, -0.05) is 43.3 Å². The van der Waals surface area contributed by atoms with E-state index in [0.717, 1.165) is 17.5 Å². The summed E-state index contributed by atoms with van der Waals surface area (Å²) in [6, 6.07) is 14.3. The number of nitrogens with zero attached hydrogens (tertiary/aromatic N) is 2. The third-order valence-electron chi connectivity index (χ3n) is 5.54. The number of aliphatic imine (C=N–C) groups is 2. The lowest BCUT2D eigenvalue weighted by atomic mass is 10.1. The molecule has 0 aliphatic carbocycles. The van der Waals surface area contributed by atoms with Crippen molar-refractivity contribution in [1.29, 1.82) is 0 Å². The van der Waals surface area contributed by atoms with E-state index >= 15 is 0 Å². The Morgan fingerprint density at radius 1 is 0.889 bits per heavy atom. The van der Waals surface area contributed by atoms with E-state index in [9.17, 15) is 9.59 Å². The molecule has 4 rings (SSSR count). The minimum atomic E-state index is -0.346. The molecule has 2 saturated heterocycles. The van der Waals surface area contributed by atoms with Crippen LogP contribution in [0.5, 0.6) is 0 Å². The second-order valence-electron chi connectivity index (χ2n) is 8.53. The highest BCUT2D eigenvalue weighted by Gasteiger charge is 2.25. The van der Waals surface area contributed by atoms with Gasteiger partial charge in [-0.2, -0.15) is 0 Å². The van der Waals surface area contributed by atoms with Gasteiger partial charge in [0.2, 0.25) is 0 Å². The maximum atomic E-state index is 12.0. The first-order valence-corrected chi connectivity index (χ1v) is 12.1. The highest BCUT2D eigenvalue weighted by atomic mass is 16.6. The van der Waals surface area contributed by atoms with Crippen LogP contribution in [0.4, 0.5) is 0 Å². The first-order chi connectivity index (χ1) is 17.6. The van der Waals surface area contributed by atoms with Crippen molar-refractivity contribution in [2.75, 3.05) is 33.0 Å². The van der Waals surface area contributed by atoms with E-state index in [1.807, 2.05) is 36.4 Å². The van der Waals surface area contributed by atoms with E-state index < -0.39 is 0 Å². The van der Waals surface area contributed by atoms with Crippen LogP contribution in [0, 0.1) is 0 Å². The Labute approximate surface area is 210 Å². The van der Waals surface area contributed by atoms with Crippen LogP contribution in [0.25, 0.3) is 0 Å². The lowest BCUT2D eigenvalue weighted by Crippen LogP contribution is -2.10. The number of benzene rings is 2. The number of carbonyl (C=O) groups is 2. The highest BCUT2D eigenvalue weighted by molar-refractivity contribution is 5.91. The van der Waals surface area contributed by atoms with E-state index in [-0.39, 0.29) is 30.2 Å². The molecule has 0 saturated carbocycles. The Morgan fingerprint density at radius 3 is 1.86 bits per heavy atom. The molecule has 2 aliphatic heterocycles. The monoisotopic (exact) mass is 490 g/mol. The number of ether oxygens (including phenoxy) is 4. The Kier molecular flexibility index (Phi) is 9.13. The van der Waals surface area contributed by atoms with E-state index in [0.29, 0.717) is 44.1 Å². The van der Waals surface area contributed by atoms with E-state index in [1.54, 1.807) is 36.7 Å². The number of hydrogen-bond acceptors (Lipinski definition) is 8. The predicted octanol–water partition coefficient (Wildman–Crippen LogP) is 3.67. The normalized spacial score (nSPS) is 19.6. The van der Waals surface area contributed by atoms with Gasteiger partial charge in [-0.05, 0) is 41.8 Å². The van der Waals surface area contributed by atoms with Crippen molar-refractivity contribution in [2.24, 2.45) is 9.98 Å². The predicted molar refractivity (Wildman–Crippen MR) is 136 cm³/mol. The summed E-state index contributed by atoms with van der Waals surface area (Å²) in [4.78, 5) is 33.0. The second-order valence-corrected chi connectivity index (χ2v) is 8.53. The summed E-state index contributed by atoms with van der Waals surface area (Å²) in [6.07, 6.45) is 8.56. The van der Waals surface area contributed by atoms with Gasteiger partial charge in [-0.3, -0.25) is 9.98 Å². The van der Waals surface area contributed by atoms with E-state index in [4.69, 9.17) is 18.9 Å². The van der Waals surface area contributed by atoms with Gasteiger partial charge in [0.05, 0.1) is 36.9 Å². The maximum absolute atomic E-state index is 12.0. The third-order valence-corrected chi connectivity index (χ3v) is 5.54. The van der Waals surface area contributed by atoms with Crippen molar-refractivity contribution in [1.82, 2.24) is 0 Å². The molecule has 2 heterocycles. The summed E-state index contributed by atoms with van der Waals surface area (Å²) >= 11 is 0. The molecule has 188 valence electrons. The maximum Gasteiger partial charge on any atom is 0.338 e. The molecule has 8 nitrogen and oxygen atoms in total. The van der Waals surface area contributed by atoms with Gasteiger partial charge in [0.25, 0.3) is 0 Å².